The minimum Gasteiger partial charge on any atom is -0.393 e. The van der Waals surface area contributed by atoms with Gasteiger partial charge >= 0.3 is 0 Å². The Morgan fingerprint density at radius 2 is 1.86 bits per heavy atom. The van der Waals surface area contributed by atoms with E-state index in [1.807, 2.05) is 13.8 Å². The average Bonchev–Trinajstić information content (AvgIpc) is 2.19. The zero-order chi connectivity index (χ0) is 10.6. The van der Waals surface area contributed by atoms with E-state index in [2.05, 4.69) is 6.92 Å². The highest BCUT2D eigenvalue weighted by Crippen LogP contribution is 2.29. The van der Waals surface area contributed by atoms with Gasteiger partial charge in [-0.2, -0.15) is 0 Å². The maximum Gasteiger partial charge on any atom is 0.0859 e. The van der Waals surface area contributed by atoms with Crippen molar-refractivity contribution in [3.05, 3.63) is 0 Å². The van der Waals surface area contributed by atoms with E-state index in [1.165, 1.54) is 32.1 Å². The minimum atomic E-state index is -0.378. The fourth-order valence-electron chi connectivity index (χ4n) is 2.24. The highest BCUT2D eigenvalue weighted by molar-refractivity contribution is 4.75. The predicted molar refractivity (Wildman–Crippen MR) is 58.3 cm³/mol. The molecule has 0 aliphatic heterocycles. The van der Waals surface area contributed by atoms with Crippen LogP contribution in [0.5, 0.6) is 0 Å². The van der Waals surface area contributed by atoms with Crippen LogP contribution in [0.25, 0.3) is 0 Å². The normalized spacial score (nSPS) is 22.3. The maximum absolute atomic E-state index is 9.12. The highest BCUT2D eigenvalue weighted by Gasteiger charge is 2.26. The van der Waals surface area contributed by atoms with Crippen molar-refractivity contribution in [3.63, 3.8) is 0 Å². The molecule has 1 aliphatic rings. The zero-order valence-corrected chi connectivity index (χ0v) is 9.75. The summed E-state index contributed by atoms with van der Waals surface area (Å²) in [5, 5.41) is 9.12. The number of aliphatic hydroxyl groups is 1. The molecule has 0 saturated heterocycles. The third-order valence-electron chi connectivity index (χ3n) is 3.20. The number of hydrogen-bond acceptors (Lipinski definition) is 2. The smallest absolute Gasteiger partial charge is 0.0859 e. The van der Waals surface area contributed by atoms with Crippen LogP contribution in [-0.4, -0.2) is 23.4 Å². The van der Waals surface area contributed by atoms with Gasteiger partial charge in [-0.05, 0) is 39.5 Å². The average molecular weight is 200 g/mol. The Labute approximate surface area is 87.7 Å². The topological polar surface area (TPSA) is 29.5 Å². The Morgan fingerprint density at radius 3 is 2.36 bits per heavy atom. The van der Waals surface area contributed by atoms with Crippen molar-refractivity contribution in [3.8, 4) is 0 Å². The van der Waals surface area contributed by atoms with Crippen LogP contribution in [0.1, 0.15) is 52.9 Å². The fourth-order valence-corrected chi connectivity index (χ4v) is 2.24. The molecule has 0 aromatic rings. The van der Waals surface area contributed by atoms with Crippen molar-refractivity contribution in [2.24, 2.45) is 5.92 Å². The lowest BCUT2D eigenvalue weighted by Gasteiger charge is -2.33. The van der Waals surface area contributed by atoms with Gasteiger partial charge in [0, 0.05) is 0 Å². The quantitative estimate of drug-likeness (QED) is 0.756. The molecule has 2 heteroatoms. The van der Waals surface area contributed by atoms with E-state index in [1.54, 1.807) is 0 Å². The maximum atomic E-state index is 9.12. The molecule has 0 amide bonds. The van der Waals surface area contributed by atoms with Gasteiger partial charge in [0.05, 0.1) is 18.3 Å². The van der Waals surface area contributed by atoms with Crippen LogP contribution in [0.15, 0.2) is 0 Å². The molecule has 0 heterocycles. The van der Waals surface area contributed by atoms with Gasteiger partial charge in [-0.25, -0.2) is 0 Å². The molecule has 1 aliphatic carbocycles. The van der Waals surface area contributed by atoms with Gasteiger partial charge in [-0.3, -0.25) is 0 Å². The third kappa shape index (κ3) is 3.58. The molecule has 0 bridgehead atoms. The molecule has 0 aromatic heterocycles. The van der Waals surface area contributed by atoms with Gasteiger partial charge in [0.25, 0.3) is 0 Å². The summed E-state index contributed by atoms with van der Waals surface area (Å²) in [4.78, 5) is 0. The second kappa shape index (κ2) is 5.13. The minimum absolute atomic E-state index is 0.101. The zero-order valence-electron chi connectivity index (χ0n) is 9.75. The molecule has 2 nitrogen and oxygen atoms in total. The van der Waals surface area contributed by atoms with Gasteiger partial charge in [0.1, 0.15) is 0 Å². The highest BCUT2D eigenvalue weighted by atomic mass is 16.5. The van der Waals surface area contributed by atoms with Crippen LogP contribution >= 0.6 is 0 Å². The van der Waals surface area contributed by atoms with E-state index >= 15 is 0 Å². The predicted octanol–water partition coefficient (Wildman–Crippen LogP) is 2.74. The van der Waals surface area contributed by atoms with Crippen molar-refractivity contribution >= 4 is 0 Å². The molecule has 1 fully saturated rings. The van der Waals surface area contributed by atoms with Gasteiger partial charge in [-0.15, -0.1) is 0 Å². The molecule has 1 unspecified atom stereocenters. The molecule has 1 rings (SSSR count). The molecule has 0 spiro atoms. The summed E-state index contributed by atoms with van der Waals surface area (Å²) in [5.41, 5.74) is -0.378. The Kier molecular flexibility index (Phi) is 4.39. The van der Waals surface area contributed by atoms with Gasteiger partial charge in [0.15, 0.2) is 0 Å². The molecule has 1 saturated carbocycles. The lowest BCUT2D eigenvalue weighted by Crippen LogP contribution is -2.36. The Bertz CT molecular complexity index is 160. The van der Waals surface area contributed by atoms with Crippen LogP contribution in [-0.2, 0) is 4.74 Å². The molecular weight excluding hydrogens is 176 g/mol. The number of hydrogen-bond donors (Lipinski definition) is 1. The van der Waals surface area contributed by atoms with E-state index in [9.17, 15) is 0 Å². The lowest BCUT2D eigenvalue weighted by atomic mass is 9.85. The second-order valence-electron chi connectivity index (χ2n) is 5.14. The number of aliphatic hydroxyl groups excluding tert-OH is 1. The van der Waals surface area contributed by atoms with Crippen molar-refractivity contribution < 1.29 is 9.84 Å². The van der Waals surface area contributed by atoms with Crippen LogP contribution in [0.4, 0.5) is 0 Å². The summed E-state index contributed by atoms with van der Waals surface area (Å²) in [7, 11) is 0. The second-order valence-corrected chi connectivity index (χ2v) is 5.14. The summed E-state index contributed by atoms with van der Waals surface area (Å²) < 4.78 is 5.88. The SMILES string of the molecule is CC(OC(C)(C)CO)C1CCCCC1. The van der Waals surface area contributed by atoms with Crippen molar-refractivity contribution in [1.82, 2.24) is 0 Å². The summed E-state index contributed by atoms with van der Waals surface area (Å²) in [6.45, 7) is 6.15. The first-order chi connectivity index (χ1) is 6.55. The van der Waals surface area contributed by atoms with Gasteiger partial charge < -0.3 is 9.84 Å². The standard InChI is InChI=1S/C12H24O2/c1-10(14-12(2,3)9-13)11-7-5-4-6-8-11/h10-11,13H,4-9H2,1-3H3. The Hall–Kier alpha value is -0.0800. The summed E-state index contributed by atoms with van der Waals surface area (Å²) in [5.74, 6) is 0.703. The molecule has 1 atom stereocenters. The van der Waals surface area contributed by atoms with Gasteiger partial charge in [-0.1, -0.05) is 19.3 Å². The first-order valence-corrected chi connectivity index (χ1v) is 5.84. The molecule has 1 N–H and O–H groups in total. The van der Waals surface area contributed by atoms with Gasteiger partial charge in [0.2, 0.25) is 0 Å². The van der Waals surface area contributed by atoms with E-state index in [0.717, 1.165) is 0 Å². The largest absolute Gasteiger partial charge is 0.393 e. The molecule has 84 valence electrons. The lowest BCUT2D eigenvalue weighted by molar-refractivity contribution is -0.114. The van der Waals surface area contributed by atoms with Crippen molar-refractivity contribution in [2.45, 2.75) is 64.6 Å². The Morgan fingerprint density at radius 1 is 1.29 bits per heavy atom. The van der Waals surface area contributed by atoms with Crippen molar-refractivity contribution in [1.29, 1.82) is 0 Å². The van der Waals surface area contributed by atoms with E-state index in [0.29, 0.717) is 5.92 Å². The Balaban J connectivity index is 2.36. The summed E-state index contributed by atoms with van der Waals surface area (Å²) in [6.07, 6.45) is 6.95. The first-order valence-electron chi connectivity index (χ1n) is 5.84. The third-order valence-corrected chi connectivity index (χ3v) is 3.20. The number of ether oxygens (including phenoxy) is 1. The van der Waals surface area contributed by atoms with E-state index in [4.69, 9.17) is 9.84 Å². The summed E-state index contributed by atoms with van der Waals surface area (Å²) in [6, 6.07) is 0. The number of rotatable bonds is 4. The van der Waals surface area contributed by atoms with Crippen LogP contribution < -0.4 is 0 Å². The van der Waals surface area contributed by atoms with Crippen molar-refractivity contribution in [2.75, 3.05) is 6.61 Å². The van der Waals surface area contributed by atoms with Crippen LogP contribution in [0.3, 0.4) is 0 Å². The molecule has 14 heavy (non-hydrogen) atoms. The first kappa shape index (κ1) is 12.0. The molecule has 0 radical (unpaired) electrons. The molecular formula is C12H24O2. The fraction of sp³-hybridized carbons (Fsp3) is 1.00. The van der Waals surface area contributed by atoms with E-state index < -0.39 is 0 Å². The van der Waals surface area contributed by atoms with E-state index in [-0.39, 0.29) is 18.3 Å². The monoisotopic (exact) mass is 200 g/mol. The summed E-state index contributed by atoms with van der Waals surface area (Å²) >= 11 is 0. The molecule has 0 aromatic carbocycles. The van der Waals surface area contributed by atoms with Crippen LogP contribution in [0.2, 0.25) is 0 Å². The van der Waals surface area contributed by atoms with Crippen LogP contribution in [0, 0.1) is 5.92 Å².